The van der Waals surface area contributed by atoms with Gasteiger partial charge in [0.05, 0.1) is 12.7 Å². The van der Waals surface area contributed by atoms with E-state index in [1.165, 1.54) is 0 Å². The largest absolute Gasteiger partial charge is 0.343 e. The first-order valence-electron chi connectivity index (χ1n) is 8.13. The Morgan fingerprint density at radius 2 is 2.29 bits per heavy atom. The summed E-state index contributed by atoms with van der Waals surface area (Å²) in [6, 6.07) is 0.362. The first kappa shape index (κ1) is 16.9. The van der Waals surface area contributed by atoms with Gasteiger partial charge in [-0.05, 0) is 6.92 Å². The van der Waals surface area contributed by atoms with Gasteiger partial charge in [0.1, 0.15) is 0 Å². The zero-order valence-corrected chi connectivity index (χ0v) is 15.2. The van der Waals surface area contributed by atoms with E-state index in [0.29, 0.717) is 19.1 Å². The van der Waals surface area contributed by atoms with E-state index < -0.39 is 0 Å². The average molecular weight is 348 g/mol. The van der Waals surface area contributed by atoms with Crippen LogP contribution in [0.2, 0.25) is 0 Å². The van der Waals surface area contributed by atoms with Gasteiger partial charge in [0, 0.05) is 69.7 Å². The number of nitrogens with zero attached hydrogens (tertiary/aromatic N) is 6. The van der Waals surface area contributed by atoms with Crippen LogP contribution in [0, 0.1) is 0 Å². The van der Waals surface area contributed by atoms with Crippen LogP contribution in [0.1, 0.15) is 12.5 Å². The number of carbonyl (C=O) groups is 1. The fraction of sp³-hybridized carbons (Fsp3) is 0.562. The monoisotopic (exact) mass is 348 g/mol. The van der Waals surface area contributed by atoms with Crippen molar-refractivity contribution in [3.8, 4) is 0 Å². The summed E-state index contributed by atoms with van der Waals surface area (Å²) in [5.41, 5.74) is 1.05. The zero-order valence-electron chi connectivity index (χ0n) is 14.4. The van der Waals surface area contributed by atoms with Gasteiger partial charge in [0.25, 0.3) is 0 Å². The van der Waals surface area contributed by atoms with Gasteiger partial charge < -0.3 is 9.80 Å². The highest BCUT2D eigenvalue weighted by Crippen LogP contribution is 2.22. The summed E-state index contributed by atoms with van der Waals surface area (Å²) in [7, 11) is 3.74. The highest BCUT2D eigenvalue weighted by atomic mass is 32.1. The Bertz CT molecular complexity index is 670. The maximum absolute atomic E-state index is 12.5. The van der Waals surface area contributed by atoms with Gasteiger partial charge in [-0.2, -0.15) is 5.10 Å². The van der Waals surface area contributed by atoms with Gasteiger partial charge in [-0.15, -0.1) is 11.3 Å². The number of aromatic nitrogens is 3. The minimum Gasteiger partial charge on any atom is -0.343 e. The van der Waals surface area contributed by atoms with E-state index in [1.807, 2.05) is 31.9 Å². The number of rotatable bonds is 5. The standard InChI is InChI=1S/C16H24N6OS/c1-13-9-21(5-6-22(13)16-17-4-7-24-16)12-15(23)19(2)10-14-8-18-20(3)11-14/h4,7-8,11,13H,5-6,9-10,12H2,1-3H3. The van der Waals surface area contributed by atoms with Crippen LogP contribution in [0.15, 0.2) is 24.0 Å². The van der Waals surface area contributed by atoms with Crippen molar-refractivity contribution in [2.24, 2.45) is 7.05 Å². The van der Waals surface area contributed by atoms with Crippen molar-refractivity contribution in [2.75, 3.05) is 38.1 Å². The molecule has 1 fully saturated rings. The molecular weight excluding hydrogens is 324 g/mol. The number of carbonyl (C=O) groups excluding carboxylic acids is 1. The van der Waals surface area contributed by atoms with E-state index in [-0.39, 0.29) is 5.91 Å². The topological polar surface area (TPSA) is 57.5 Å². The van der Waals surface area contributed by atoms with Gasteiger partial charge in [-0.3, -0.25) is 14.4 Å². The van der Waals surface area contributed by atoms with E-state index in [4.69, 9.17) is 0 Å². The second kappa shape index (κ2) is 7.31. The molecule has 3 rings (SSSR count). The van der Waals surface area contributed by atoms with Crippen LogP contribution in [-0.4, -0.2) is 69.7 Å². The number of aryl methyl sites for hydroxylation is 1. The van der Waals surface area contributed by atoms with Crippen LogP contribution in [0.4, 0.5) is 5.13 Å². The highest BCUT2D eigenvalue weighted by Gasteiger charge is 2.27. The van der Waals surface area contributed by atoms with Crippen molar-refractivity contribution < 1.29 is 4.79 Å². The number of hydrogen-bond donors (Lipinski definition) is 0. The maximum Gasteiger partial charge on any atom is 0.236 e. The average Bonchev–Trinajstić information content (AvgIpc) is 3.19. The molecule has 0 saturated carbocycles. The summed E-state index contributed by atoms with van der Waals surface area (Å²) in [6.07, 6.45) is 5.59. The Balaban J connectivity index is 1.50. The Morgan fingerprint density at radius 3 is 2.92 bits per heavy atom. The molecule has 0 spiro atoms. The summed E-state index contributed by atoms with van der Waals surface area (Å²) in [6.45, 7) is 5.93. The predicted molar refractivity (Wildman–Crippen MR) is 95.0 cm³/mol. The molecule has 24 heavy (non-hydrogen) atoms. The van der Waals surface area contributed by atoms with Crippen LogP contribution in [0.3, 0.4) is 0 Å². The fourth-order valence-corrected chi connectivity index (χ4v) is 3.82. The minimum absolute atomic E-state index is 0.147. The number of piperazine rings is 1. The number of amides is 1. The molecule has 7 nitrogen and oxygen atoms in total. The van der Waals surface area contributed by atoms with Crippen molar-refractivity contribution >= 4 is 22.4 Å². The van der Waals surface area contributed by atoms with Crippen LogP contribution in [0.5, 0.6) is 0 Å². The normalized spacial score (nSPS) is 18.8. The molecule has 0 aromatic carbocycles. The second-order valence-corrected chi connectivity index (χ2v) is 7.24. The lowest BCUT2D eigenvalue weighted by atomic mass is 10.2. The molecule has 2 aromatic rings. The Kier molecular flexibility index (Phi) is 5.15. The number of hydrogen-bond acceptors (Lipinski definition) is 6. The summed E-state index contributed by atoms with van der Waals surface area (Å²) >= 11 is 1.67. The van der Waals surface area contributed by atoms with E-state index in [2.05, 4.69) is 26.8 Å². The molecule has 0 radical (unpaired) electrons. The molecule has 0 N–H and O–H groups in total. The third-order valence-corrected chi connectivity index (χ3v) is 5.15. The third kappa shape index (κ3) is 3.93. The Hall–Kier alpha value is -1.93. The summed E-state index contributed by atoms with van der Waals surface area (Å²) in [4.78, 5) is 23.2. The first-order chi connectivity index (χ1) is 11.5. The fourth-order valence-electron chi connectivity index (χ4n) is 3.05. The van der Waals surface area contributed by atoms with Crippen molar-refractivity contribution in [2.45, 2.75) is 19.5 Å². The molecule has 1 aliphatic heterocycles. The molecule has 1 unspecified atom stereocenters. The Labute approximate surface area is 146 Å². The smallest absolute Gasteiger partial charge is 0.236 e. The molecule has 1 aliphatic rings. The lowest BCUT2D eigenvalue weighted by Crippen LogP contribution is -2.54. The summed E-state index contributed by atoms with van der Waals surface area (Å²) < 4.78 is 1.76. The quantitative estimate of drug-likeness (QED) is 0.808. The van der Waals surface area contributed by atoms with E-state index >= 15 is 0 Å². The molecule has 8 heteroatoms. The molecule has 1 atom stereocenters. The van der Waals surface area contributed by atoms with Crippen molar-refractivity contribution in [1.82, 2.24) is 24.6 Å². The summed E-state index contributed by atoms with van der Waals surface area (Å²) in [5.74, 6) is 0.147. The van der Waals surface area contributed by atoms with Gasteiger partial charge in [-0.1, -0.05) is 0 Å². The second-order valence-electron chi connectivity index (χ2n) is 6.36. The van der Waals surface area contributed by atoms with Gasteiger partial charge in [-0.25, -0.2) is 4.98 Å². The molecule has 0 aliphatic carbocycles. The molecule has 130 valence electrons. The van der Waals surface area contributed by atoms with Crippen LogP contribution in [-0.2, 0) is 18.4 Å². The van der Waals surface area contributed by atoms with Gasteiger partial charge in [0.15, 0.2) is 5.13 Å². The highest BCUT2D eigenvalue weighted by molar-refractivity contribution is 7.13. The SMILES string of the molecule is CC1CN(CC(=O)N(C)Cc2cnn(C)c2)CCN1c1nccs1. The van der Waals surface area contributed by atoms with Crippen LogP contribution >= 0.6 is 11.3 Å². The zero-order chi connectivity index (χ0) is 17.1. The molecule has 3 heterocycles. The van der Waals surface area contributed by atoms with Gasteiger partial charge >= 0.3 is 0 Å². The molecular formula is C16H24N6OS. The van der Waals surface area contributed by atoms with Crippen LogP contribution in [0.25, 0.3) is 0 Å². The lowest BCUT2D eigenvalue weighted by Gasteiger charge is -2.39. The minimum atomic E-state index is 0.147. The lowest BCUT2D eigenvalue weighted by molar-refractivity contribution is -0.131. The number of anilines is 1. The van der Waals surface area contributed by atoms with E-state index in [1.54, 1.807) is 27.1 Å². The summed E-state index contributed by atoms with van der Waals surface area (Å²) in [5, 5.41) is 7.22. The first-order valence-corrected chi connectivity index (χ1v) is 9.01. The van der Waals surface area contributed by atoms with Crippen LogP contribution < -0.4 is 4.90 Å². The Morgan fingerprint density at radius 1 is 1.46 bits per heavy atom. The van der Waals surface area contributed by atoms with Gasteiger partial charge in [0.2, 0.25) is 5.91 Å². The van der Waals surface area contributed by atoms with E-state index in [9.17, 15) is 4.79 Å². The van der Waals surface area contributed by atoms with Crippen molar-refractivity contribution in [3.63, 3.8) is 0 Å². The number of thiazole rings is 1. The number of likely N-dealkylation sites (N-methyl/N-ethyl adjacent to an activating group) is 1. The molecule has 0 bridgehead atoms. The van der Waals surface area contributed by atoms with E-state index in [0.717, 1.165) is 30.3 Å². The molecule has 1 amide bonds. The van der Waals surface area contributed by atoms with Crippen molar-refractivity contribution in [3.05, 3.63) is 29.5 Å². The molecule has 1 saturated heterocycles. The maximum atomic E-state index is 12.5. The van der Waals surface area contributed by atoms with Crippen molar-refractivity contribution in [1.29, 1.82) is 0 Å². The predicted octanol–water partition coefficient (Wildman–Crippen LogP) is 1.05. The third-order valence-electron chi connectivity index (χ3n) is 4.34. The molecule has 2 aromatic heterocycles.